The van der Waals surface area contributed by atoms with Gasteiger partial charge in [-0.3, -0.25) is 0 Å². The minimum absolute atomic E-state index is 0.122. The lowest BCUT2D eigenvalue weighted by Crippen LogP contribution is -2.13. The molecule has 9 heteroatoms. The van der Waals surface area contributed by atoms with Crippen LogP contribution in [0.25, 0.3) is 0 Å². The Morgan fingerprint density at radius 3 is 1.67 bits per heavy atom. The molecule has 0 saturated heterocycles. The molecule has 2 aromatic heterocycles. The van der Waals surface area contributed by atoms with E-state index in [9.17, 15) is 8.78 Å². The second kappa shape index (κ2) is 6.73. The van der Waals surface area contributed by atoms with Crippen molar-refractivity contribution in [2.24, 2.45) is 0 Å². The molecule has 0 spiro atoms. The average Bonchev–Trinajstić information content (AvgIpc) is 2.51. The maximum absolute atomic E-state index is 13.4. The first-order chi connectivity index (χ1) is 10.1. The van der Waals surface area contributed by atoms with Crippen LogP contribution in [0.2, 0.25) is 0 Å². The van der Waals surface area contributed by atoms with Crippen LogP contribution in [-0.4, -0.2) is 31.9 Å². The molecular weight excluding hydrogens is 285 g/mol. The molecule has 0 aliphatic heterocycles. The Labute approximate surface area is 120 Å². The number of hydrogen-bond acceptors (Lipinski definition) is 6. The van der Waals surface area contributed by atoms with Crippen LogP contribution in [0, 0.1) is 11.6 Å². The topological polar surface area (TPSA) is 62.7 Å². The molecule has 0 fully saturated rings. The Balaban J connectivity index is 2.01. The van der Waals surface area contributed by atoms with Gasteiger partial charge in [0.25, 0.3) is 0 Å². The molecule has 6 nitrogen and oxygen atoms in total. The summed E-state index contributed by atoms with van der Waals surface area (Å²) in [4.78, 5) is 7.32. The molecule has 0 amide bonds. The van der Waals surface area contributed by atoms with Gasteiger partial charge in [-0.25, -0.2) is 18.7 Å². The maximum Gasteiger partial charge on any atom is 0.576 e. The van der Waals surface area contributed by atoms with Gasteiger partial charge in [0.2, 0.25) is 11.8 Å². The minimum Gasteiger partial charge on any atom is -0.526 e. The Morgan fingerprint density at radius 2 is 1.29 bits per heavy atom. The highest BCUT2D eigenvalue weighted by atomic mass is 19.1. The van der Waals surface area contributed by atoms with Gasteiger partial charge >= 0.3 is 7.69 Å². The van der Waals surface area contributed by atoms with E-state index >= 15 is 0 Å². The highest BCUT2D eigenvalue weighted by molar-refractivity contribution is 6.20. The van der Waals surface area contributed by atoms with Gasteiger partial charge < -0.3 is 18.8 Å². The zero-order valence-corrected chi connectivity index (χ0v) is 11.3. The van der Waals surface area contributed by atoms with E-state index in [4.69, 9.17) is 18.8 Å². The summed E-state index contributed by atoms with van der Waals surface area (Å²) in [6, 6.07) is 2.50. The van der Waals surface area contributed by atoms with E-state index in [1.807, 2.05) is 0 Å². The first-order valence-electron chi connectivity index (χ1n) is 5.78. The molecule has 110 valence electrons. The Kier molecular flexibility index (Phi) is 4.75. The van der Waals surface area contributed by atoms with Crippen molar-refractivity contribution in [2.75, 3.05) is 14.2 Å². The molecule has 0 aliphatic carbocycles. The van der Waals surface area contributed by atoms with Gasteiger partial charge in [-0.15, -0.1) is 0 Å². The summed E-state index contributed by atoms with van der Waals surface area (Å²) >= 11 is 0. The van der Waals surface area contributed by atoms with Gasteiger partial charge in [0.1, 0.15) is 11.5 Å². The van der Waals surface area contributed by atoms with Crippen molar-refractivity contribution < 1.29 is 27.6 Å². The zero-order valence-electron chi connectivity index (χ0n) is 11.3. The van der Waals surface area contributed by atoms with Crippen LogP contribution < -0.4 is 18.8 Å². The van der Waals surface area contributed by atoms with E-state index in [2.05, 4.69) is 9.97 Å². The molecule has 0 atom stereocenters. The van der Waals surface area contributed by atoms with Crippen LogP contribution >= 0.6 is 0 Å². The molecule has 0 radical (unpaired) electrons. The molecule has 0 N–H and O–H groups in total. The Hall–Kier alpha value is -2.58. The molecule has 2 heterocycles. The number of halogens is 2. The van der Waals surface area contributed by atoms with Crippen LogP contribution in [-0.2, 0) is 0 Å². The predicted octanol–water partition coefficient (Wildman–Crippen LogP) is 1.50. The summed E-state index contributed by atoms with van der Waals surface area (Å²) in [5.74, 6) is -1.25. The third-order valence-electron chi connectivity index (χ3n) is 2.44. The van der Waals surface area contributed by atoms with E-state index in [1.165, 1.54) is 26.4 Å². The third-order valence-corrected chi connectivity index (χ3v) is 2.44. The van der Waals surface area contributed by atoms with Crippen molar-refractivity contribution in [3.63, 3.8) is 0 Å². The molecule has 0 aromatic carbocycles. The average molecular weight is 296 g/mol. The van der Waals surface area contributed by atoms with Gasteiger partial charge in [0, 0.05) is 12.1 Å². The third kappa shape index (κ3) is 3.71. The Morgan fingerprint density at radius 1 is 0.857 bits per heavy atom. The minimum atomic E-state index is -0.688. The van der Waals surface area contributed by atoms with Crippen molar-refractivity contribution >= 4 is 7.69 Å². The number of hydrogen-bond donors (Lipinski definition) is 0. The second-order valence-electron chi connectivity index (χ2n) is 3.72. The number of methoxy groups -OCH3 is 2. The molecule has 21 heavy (non-hydrogen) atoms. The number of aromatic nitrogens is 2. The lowest BCUT2D eigenvalue weighted by Gasteiger charge is -2.10. The number of ether oxygens (including phenoxy) is 2. The summed E-state index contributed by atoms with van der Waals surface area (Å²) < 4.78 is 46.7. The van der Waals surface area contributed by atoms with E-state index in [1.54, 1.807) is 0 Å². The highest BCUT2D eigenvalue weighted by Gasteiger charge is 2.11. The van der Waals surface area contributed by atoms with Gasteiger partial charge in [0.05, 0.1) is 26.6 Å². The molecule has 0 saturated carbocycles. The van der Waals surface area contributed by atoms with Crippen LogP contribution in [0.15, 0.2) is 24.5 Å². The Bertz CT molecular complexity index is 577. The lowest BCUT2D eigenvalue weighted by atomic mass is 10.3. The monoisotopic (exact) mass is 296 g/mol. The molecular formula is C12H11BF2N2O4. The van der Waals surface area contributed by atoms with Crippen molar-refractivity contribution in [3.05, 3.63) is 36.2 Å². The fourth-order valence-electron chi connectivity index (χ4n) is 1.41. The molecule has 2 aromatic rings. The van der Waals surface area contributed by atoms with E-state index in [0.29, 0.717) is 0 Å². The van der Waals surface area contributed by atoms with Crippen molar-refractivity contribution in [3.8, 4) is 23.3 Å². The summed E-state index contributed by atoms with van der Waals surface area (Å²) in [5, 5.41) is 0. The van der Waals surface area contributed by atoms with Crippen LogP contribution in [0.4, 0.5) is 8.78 Å². The van der Waals surface area contributed by atoms with Crippen molar-refractivity contribution in [2.45, 2.75) is 0 Å². The number of nitrogens with zero attached hydrogens (tertiary/aromatic N) is 2. The van der Waals surface area contributed by atoms with Crippen LogP contribution in [0.3, 0.4) is 0 Å². The number of pyridine rings is 2. The first-order valence-corrected chi connectivity index (χ1v) is 5.78. The van der Waals surface area contributed by atoms with E-state index in [-0.39, 0.29) is 23.3 Å². The maximum atomic E-state index is 13.4. The van der Waals surface area contributed by atoms with Gasteiger partial charge in [-0.05, 0) is 0 Å². The fraction of sp³-hybridized carbons (Fsp3) is 0.167. The molecule has 0 aliphatic rings. The van der Waals surface area contributed by atoms with Crippen molar-refractivity contribution in [1.29, 1.82) is 0 Å². The standard InChI is InChI=1S/C12H11BF2N2O4/c1-18-11-3-9(7(14)5-16-11)20-13-21-10-4-12(19-2)17-6-8(10)15/h3-6,13H,1-2H3. The predicted molar refractivity (Wildman–Crippen MR) is 69.9 cm³/mol. The SMILES string of the molecule is COc1cc(OBOc2cc(OC)ncc2F)c(F)cn1. The van der Waals surface area contributed by atoms with Crippen LogP contribution in [0.5, 0.6) is 23.3 Å². The summed E-state index contributed by atoms with van der Waals surface area (Å²) in [6.45, 7) is 0. The second-order valence-corrected chi connectivity index (χ2v) is 3.72. The van der Waals surface area contributed by atoms with Gasteiger partial charge in [-0.2, -0.15) is 0 Å². The van der Waals surface area contributed by atoms with Gasteiger partial charge in [-0.1, -0.05) is 0 Å². The number of rotatable bonds is 6. The smallest absolute Gasteiger partial charge is 0.526 e. The molecule has 0 unspecified atom stereocenters. The summed E-state index contributed by atoms with van der Waals surface area (Å²) in [5.41, 5.74) is 0. The lowest BCUT2D eigenvalue weighted by molar-refractivity contribution is 0.378. The molecule has 0 bridgehead atoms. The normalized spacial score (nSPS) is 9.90. The fourth-order valence-corrected chi connectivity index (χ4v) is 1.41. The van der Waals surface area contributed by atoms with E-state index in [0.717, 1.165) is 12.4 Å². The first kappa shape index (κ1) is 14.8. The molecule has 2 rings (SSSR count). The summed E-state index contributed by atoms with van der Waals surface area (Å²) in [6.07, 6.45) is 1.90. The highest BCUT2D eigenvalue weighted by Crippen LogP contribution is 2.22. The van der Waals surface area contributed by atoms with E-state index < -0.39 is 19.3 Å². The van der Waals surface area contributed by atoms with Crippen LogP contribution in [0.1, 0.15) is 0 Å². The largest absolute Gasteiger partial charge is 0.576 e. The quantitative estimate of drug-likeness (QED) is 0.753. The summed E-state index contributed by atoms with van der Waals surface area (Å²) in [7, 11) is 2.37. The van der Waals surface area contributed by atoms with Crippen molar-refractivity contribution in [1.82, 2.24) is 9.97 Å². The zero-order chi connectivity index (χ0) is 15.2. The van der Waals surface area contributed by atoms with Gasteiger partial charge in [0.15, 0.2) is 11.6 Å².